The Kier molecular flexibility index (Phi) is 3.46. The second-order valence-corrected chi connectivity index (χ2v) is 4.32. The van der Waals surface area contributed by atoms with E-state index in [0.29, 0.717) is 11.3 Å². The molecule has 0 aliphatic rings. The van der Waals surface area contributed by atoms with E-state index in [2.05, 4.69) is 11.1 Å². The van der Waals surface area contributed by atoms with Crippen LogP contribution < -0.4 is 0 Å². The van der Waals surface area contributed by atoms with Crippen molar-refractivity contribution in [1.82, 2.24) is 4.98 Å². The summed E-state index contributed by atoms with van der Waals surface area (Å²) >= 11 is 1.46. The maximum atomic E-state index is 10.4. The highest BCUT2D eigenvalue weighted by Crippen LogP contribution is 2.17. The average molecular weight is 257 g/mol. The summed E-state index contributed by atoms with van der Waals surface area (Å²) in [6.07, 6.45) is 4.78. The molecule has 2 heterocycles. The van der Waals surface area contributed by atoms with Crippen LogP contribution >= 0.6 is 11.3 Å². The molecule has 0 aliphatic carbocycles. The minimum Gasteiger partial charge on any atom is -0.258 e. The zero-order valence-corrected chi connectivity index (χ0v) is 9.92. The van der Waals surface area contributed by atoms with E-state index >= 15 is 0 Å². The number of aromatic nitrogens is 1. The molecule has 0 unspecified atom stereocenters. The van der Waals surface area contributed by atoms with Gasteiger partial charge in [0.05, 0.1) is 16.2 Å². The smallest absolute Gasteiger partial charge is 0.258 e. The van der Waals surface area contributed by atoms with E-state index < -0.39 is 4.92 Å². The van der Waals surface area contributed by atoms with Gasteiger partial charge in [-0.15, -0.1) is 11.3 Å². The summed E-state index contributed by atoms with van der Waals surface area (Å²) in [7, 11) is 0. The van der Waals surface area contributed by atoms with Crippen LogP contribution in [0.3, 0.4) is 0 Å². The molecular formula is C12H7N3O2S. The third-order valence-electron chi connectivity index (χ3n) is 2.15. The lowest BCUT2D eigenvalue weighted by molar-refractivity contribution is -0.385. The van der Waals surface area contributed by atoms with Gasteiger partial charge in [-0.05, 0) is 24.3 Å². The Bertz CT molecular complexity index is 638. The summed E-state index contributed by atoms with van der Waals surface area (Å²) in [6, 6.07) is 6.80. The maximum absolute atomic E-state index is 10.4. The first-order valence-corrected chi connectivity index (χ1v) is 5.84. The van der Waals surface area contributed by atoms with Crippen molar-refractivity contribution in [3.05, 3.63) is 56.0 Å². The van der Waals surface area contributed by atoms with Gasteiger partial charge in [0.2, 0.25) is 0 Å². The lowest BCUT2D eigenvalue weighted by Crippen LogP contribution is -1.89. The van der Waals surface area contributed by atoms with Gasteiger partial charge in [-0.3, -0.25) is 10.1 Å². The van der Waals surface area contributed by atoms with Crippen LogP contribution in [-0.2, 0) is 0 Å². The van der Waals surface area contributed by atoms with Crippen molar-refractivity contribution in [3.63, 3.8) is 0 Å². The highest BCUT2D eigenvalue weighted by Gasteiger charge is 2.03. The van der Waals surface area contributed by atoms with Crippen molar-refractivity contribution in [1.29, 1.82) is 5.26 Å². The van der Waals surface area contributed by atoms with E-state index in [1.54, 1.807) is 23.6 Å². The molecule has 0 atom stereocenters. The monoisotopic (exact) mass is 257 g/mol. The molecule has 0 bridgehead atoms. The number of nitro groups is 1. The molecule has 18 heavy (non-hydrogen) atoms. The van der Waals surface area contributed by atoms with E-state index in [-0.39, 0.29) is 5.69 Å². The summed E-state index contributed by atoms with van der Waals surface area (Å²) in [4.78, 5) is 14.8. The van der Waals surface area contributed by atoms with E-state index in [1.165, 1.54) is 23.6 Å². The quantitative estimate of drug-likeness (QED) is 0.625. The van der Waals surface area contributed by atoms with Crippen molar-refractivity contribution >= 4 is 29.2 Å². The Balaban J connectivity index is 2.14. The van der Waals surface area contributed by atoms with E-state index in [4.69, 9.17) is 5.26 Å². The molecule has 2 rings (SSSR count). The molecule has 0 N–H and O–H groups in total. The molecule has 88 valence electrons. The lowest BCUT2D eigenvalue weighted by atomic mass is 10.3. The van der Waals surface area contributed by atoms with E-state index in [0.717, 1.165) is 4.88 Å². The highest BCUT2D eigenvalue weighted by molar-refractivity contribution is 7.11. The first kappa shape index (κ1) is 12.0. The summed E-state index contributed by atoms with van der Waals surface area (Å²) < 4.78 is 0. The molecule has 0 aromatic carbocycles. The molecular weight excluding hydrogens is 250 g/mol. The normalized spacial score (nSPS) is 10.4. The van der Waals surface area contributed by atoms with Crippen LogP contribution in [0.4, 0.5) is 5.69 Å². The van der Waals surface area contributed by atoms with Gasteiger partial charge in [-0.25, -0.2) is 4.98 Å². The topological polar surface area (TPSA) is 79.8 Å². The molecule has 0 fully saturated rings. The number of thiophene rings is 1. The molecule has 5 nitrogen and oxygen atoms in total. The van der Waals surface area contributed by atoms with Crippen LogP contribution in [0.15, 0.2) is 29.8 Å². The molecule has 0 saturated carbocycles. The fourth-order valence-corrected chi connectivity index (χ4v) is 2.00. The van der Waals surface area contributed by atoms with Crippen molar-refractivity contribution in [2.24, 2.45) is 0 Å². The maximum Gasteiger partial charge on any atom is 0.287 e. The number of nitrogens with zero attached hydrogens (tertiary/aromatic N) is 3. The molecule has 2 aromatic rings. The number of hydrogen-bond acceptors (Lipinski definition) is 5. The van der Waals surface area contributed by atoms with E-state index in [9.17, 15) is 10.1 Å². The molecule has 0 radical (unpaired) electrons. The summed E-state index contributed by atoms with van der Waals surface area (Å²) in [5.41, 5.74) is 1.22. The Morgan fingerprint density at radius 2 is 2.28 bits per heavy atom. The highest BCUT2D eigenvalue weighted by atomic mass is 32.1. The van der Waals surface area contributed by atoms with Crippen LogP contribution in [0.2, 0.25) is 0 Å². The minimum atomic E-state index is -0.487. The average Bonchev–Trinajstić information content (AvgIpc) is 2.85. The summed E-state index contributed by atoms with van der Waals surface area (Å²) in [5, 5.41) is 20.9. The Hall–Kier alpha value is -2.52. The largest absolute Gasteiger partial charge is 0.287 e. The standard InChI is InChI=1S/C12H7N3O2S/c13-6-9-5-12(18-8-9)4-2-10-1-3-11(7-14-10)15(16)17/h1-5,7-8H/b4-2+. The molecule has 6 heteroatoms. The van der Waals surface area contributed by atoms with Crippen LogP contribution in [0.5, 0.6) is 0 Å². The second kappa shape index (κ2) is 5.21. The predicted molar refractivity (Wildman–Crippen MR) is 68.9 cm³/mol. The summed E-state index contributed by atoms with van der Waals surface area (Å²) in [6.45, 7) is 0. The number of pyridine rings is 1. The molecule has 0 saturated heterocycles. The van der Waals surface area contributed by atoms with Gasteiger partial charge in [0.15, 0.2) is 0 Å². The molecule has 2 aromatic heterocycles. The second-order valence-electron chi connectivity index (χ2n) is 3.38. The van der Waals surface area contributed by atoms with Gasteiger partial charge < -0.3 is 0 Å². The fraction of sp³-hybridized carbons (Fsp3) is 0. The molecule has 0 aliphatic heterocycles. The van der Waals surface area contributed by atoms with Gasteiger partial charge in [0.25, 0.3) is 5.69 Å². The van der Waals surface area contributed by atoms with Crippen molar-refractivity contribution < 1.29 is 4.92 Å². The first-order valence-electron chi connectivity index (χ1n) is 4.96. The Morgan fingerprint density at radius 3 is 2.83 bits per heavy atom. The zero-order chi connectivity index (χ0) is 13.0. The Labute approximate surface area is 107 Å². The SMILES string of the molecule is N#Cc1csc(/C=C/c2ccc([N+](=O)[O-])cn2)c1. The lowest BCUT2D eigenvalue weighted by Gasteiger charge is -1.92. The number of nitriles is 1. The molecule has 0 amide bonds. The van der Waals surface area contributed by atoms with Crippen LogP contribution in [0.1, 0.15) is 16.1 Å². The van der Waals surface area contributed by atoms with Crippen LogP contribution in [-0.4, -0.2) is 9.91 Å². The van der Waals surface area contributed by atoms with Gasteiger partial charge in [0.1, 0.15) is 12.3 Å². The Morgan fingerprint density at radius 1 is 1.44 bits per heavy atom. The van der Waals surface area contributed by atoms with Crippen molar-refractivity contribution in [2.45, 2.75) is 0 Å². The van der Waals surface area contributed by atoms with Gasteiger partial charge in [0, 0.05) is 16.3 Å². The number of hydrogen-bond donors (Lipinski definition) is 0. The third kappa shape index (κ3) is 2.78. The fourth-order valence-electron chi connectivity index (χ4n) is 1.27. The van der Waals surface area contributed by atoms with Crippen LogP contribution in [0.25, 0.3) is 12.2 Å². The molecule has 0 spiro atoms. The first-order chi connectivity index (χ1) is 8.69. The van der Waals surface area contributed by atoms with Gasteiger partial charge in [-0.1, -0.05) is 0 Å². The van der Waals surface area contributed by atoms with Crippen LogP contribution in [0, 0.1) is 21.4 Å². The minimum absolute atomic E-state index is 0.0324. The van der Waals surface area contributed by atoms with Gasteiger partial charge in [-0.2, -0.15) is 5.26 Å². The number of rotatable bonds is 3. The summed E-state index contributed by atoms with van der Waals surface area (Å²) in [5.74, 6) is 0. The van der Waals surface area contributed by atoms with Crippen molar-refractivity contribution in [2.75, 3.05) is 0 Å². The predicted octanol–water partition coefficient (Wildman–Crippen LogP) is 3.09. The van der Waals surface area contributed by atoms with Crippen molar-refractivity contribution in [3.8, 4) is 6.07 Å². The van der Waals surface area contributed by atoms with Gasteiger partial charge >= 0.3 is 0 Å². The van der Waals surface area contributed by atoms with E-state index in [1.807, 2.05) is 6.08 Å². The zero-order valence-electron chi connectivity index (χ0n) is 9.11. The third-order valence-corrected chi connectivity index (χ3v) is 3.05.